The highest BCUT2D eigenvalue weighted by molar-refractivity contribution is 6.06. The molecule has 1 unspecified atom stereocenters. The van der Waals surface area contributed by atoms with Gasteiger partial charge in [-0.15, -0.1) is 0 Å². The van der Waals surface area contributed by atoms with Crippen LogP contribution in [0.2, 0.25) is 0 Å². The Balaban J connectivity index is 1.02. The van der Waals surface area contributed by atoms with Gasteiger partial charge in [0.1, 0.15) is 12.6 Å². The maximum atomic E-state index is 13.2. The molecule has 0 bridgehead atoms. The lowest BCUT2D eigenvalue weighted by molar-refractivity contribution is -0.276. The van der Waals surface area contributed by atoms with Crippen LogP contribution in [0.15, 0.2) is 103 Å². The van der Waals surface area contributed by atoms with E-state index in [1.165, 1.54) is 4.90 Å². The number of imide groups is 1. The number of carbonyl (C=O) groups is 3. The van der Waals surface area contributed by atoms with Crippen LogP contribution in [-0.2, 0) is 48.3 Å². The van der Waals surface area contributed by atoms with Crippen molar-refractivity contribution in [3.8, 4) is 11.1 Å². The van der Waals surface area contributed by atoms with Crippen molar-refractivity contribution in [1.82, 2.24) is 15.1 Å². The number of methoxy groups -OCH3 is 1. The van der Waals surface area contributed by atoms with Crippen molar-refractivity contribution in [1.29, 1.82) is 0 Å². The van der Waals surface area contributed by atoms with Gasteiger partial charge in [0.05, 0.1) is 38.4 Å². The first-order valence-corrected chi connectivity index (χ1v) is 19.0. The van der Waals surface area contributed by atoms with Crippen LogP contribution in [0.1, 0.15) is 66.4 Å². The first-order valence-electron chi connectivity index (χ1n) is 19.0. The predicted octanol–water partition coefficient (Wildman–Crippen LogP) is 6.30. The maximum Gasteiger partial charge on any atom is 0.408 e. The van der Waals surface area contributed by atoms with Gasteiger partial charge in [-0.1, -0.05) is 104 Å². The van der Waals surface area contributed by atoms with Crippen LogP contribution in [0, 0.1) is 5.92 Å². The topological polar surface area (TPSA) is 127 Å². The molecule has 3 aliphatic heterocycles. The number of rotatable bonds is 13. The minimum atomic E-state index is -0.972. The molecule has 4 aromatic carbocycles. The summed E-state index contributed by atoms with van der Waals surface area (Å²) in [5.41, 5.74) is 6.30. The molecule has 0 saturated carbocycles. The van der Waals surface area contributed by atoms with Gasteiger partial charge in [-0.2, -0.15) is 0 Å². The molecule has 4 aromatic rings. The van der Waals surface area contributed by atoms with E-state index in [4.69, 9.17) is 18.9 Å². The summed E-state index contributed by atoms with van der Waals surface area (Å²) in [6.07, 6.45) is 0.507. The quantitative estimate of drug-likeness (QED) is 0.152. The number of hydrogen-bond acceptors (Lipinski definition) is 9. The molecule has 0 aliphatic carbocycles. The molecule has 7 rings (SSSR count). The van der Waals surface area contributed by atoms with Crippen LogP contribution in [0.5, 0.6) is 0 Å². The van der Waals surface area contributed by atoms with Crippen molar-refractivity contribution >= 4 is 17.9 Å². The second kappa shape index (κ2) is 17.7. The van der Waals surface area contributed by atoms with E-state index < -0.39 is 24.3 Å². The lowest BCUT2D eigenvalue weighted by Gasteiger charge is -2.43. The van der Waals surface area contributed by atoms with Crippen molar-refractivity contribution in [3.05, 3.63) is 131 Å². The van der Waals surface area contributed by atoms with Gasteiger partial charge in [0.15, 0.2) is 6.29 Å². The average molecular weight is 748 g/mol. The molecular weight excluding hydrogens is 698 g/mol. The summed E-state index contributed by atoms with van der Waals surface area (Å²) < 4.78 is 24.2. The van der Waals surface area contributed by atoms with E-state index in [9.17, 15) is 19.5 Å². The zero-order valence-electron chi connectivity index (χ0n) is 31.3. The van der Waals surface area contributed by atoms with Crippen LogP contribution < -0.4 is 5.32 Å². The Kier molecular flexibility index (Phi) is 12.3. The summed E-state index contributed by atoms with van der Waals surface area (Å²) in [6, 6.07) is 32.4. The number of hydrogen-bond donors (Lipinski definition) is 2. The minimum absolute atomic E-state index is 0.0127. The molecule has 3 fully saturated rings. The molecule has 3 heterocycles. The van der Waals surface area contributed by atoms with E-state index in [0.717, 1.165) is 64.9 Å². The van der Waals surface area contributed by atoms with E-state index in [0.29, 0.717) is 12.6 Å². The van der Waals surface area contributed by atoms with E-state index in [1.807, 2.05) is 103 Å². The fourth-order valence-corrected chi connectivity index (χ4v) is 7.81. The molecular formula is C44H49N3O8. The Hall–Kier alpha value is -4.91. The third kappa shape index (κ3) is 9.15. The standard InChI is InChI=1S/C44H49N3O8/c1-29-39(25-46-21-7-12-37(46)28-52-2)54-43(55-41(29)34-15-13-30(26-48)14-16-34)35-19-17-33(18-20-35)36-11-6-10-32(22-36)24-47-40(49)23-38(42(47)50)45-44(51)53-27-31-8-4-3-5-9-31/h3-6,8-11,13-20,22,29,37-39,41,43,48H,7,12,21,23-28H2,1-2H3,(H,45,51)/t29-,37-,38?,39+,41+,43+/m0/s1. The molecule has 6 atom stereocenters. The average Bonchev–Trinajstić information content (AvgIpc) is 3.76. The van der Waals surface area contributed by atoms with Gasteiger partial charge in [-0.3, -0.25) is 19.4 Å². The zero-order chi connectivity index (χ0) is 38.3. The highest BCUT2D eigenvalue weighted by Crippen LogP contribution is 2.42. The van der Waals surface area contributed by atoms with Crippen LogP contribution >= 0.6 is 0 Å². The van der Waals surface area contributed by atoms with Gasteiger partial charge in [-0.05, 0) is 58.8 Å². The van der Waals surface area contributed by atoms with Crippen LogP contribution in [0.25, 0.3) is 11.1 Å². The summed E-state index contributed by atoms with van der Waals surface area (Å²) in [5.74, 6) is -0.733. The number of benzene rings is 4. The summed E-state index contributed by atoms with van der Waals surface area (Å²) in [6.45, 7) is 4.82. The normalized spacial score (nSPS) is 24.3. The SMILES string of the molecule is COC[C@@H]1CCCN1C[C@H]1O[C@@H](c2ccc(-c3cccc(CN4C(=O)CC(NC(=O)OCc5ccccc5)C4=O)c3)cc2)O[C@@H](c2ccc(CO)cc2)[C@H]1C. The van der Waals surface area contributed by atoms with Crippen molar-refractivity contribution in [2.24, 2.45) is 5.92 Å². The molecule has 0 radical (unpaired) electrons. The lowest BCUT2D eigenvalue weighted by Crippen LogP contribution is -2.46. The number of alkyl carbamates (subject to hydrolysis) is 1. The van der Waals surface area contributed by atoms with Crippen molar-refractivity contribution in [2.75, 3.05) is 26.8 Å². The third-order valence-corrected chi connectivity index (χ3v) is 10.9. The van der Waals surface area contributed by atoms with Crippen molar-refractivity contribution in [2.45, 2.75) is 76.5 Å². The van der Waals surface area contributed by atoms with Gasteiger partial charge >= 0.3 is 6.09 Å². The van der Waals surface area contributed by atoms with Gasteiger partial charge < -0.3 is 29.4 Å². The fraction of sp³-hybridized carbons (Fsp3) is 0.386. The first kappa shape index (κ1) is 38.4. The van der Waals surface area contributed by atoms with Gasteiger partial charge in [0, 0.05) is 31.2 Å². The minimum Gasteiger partial charge on any atom is -0.445 e. The largest absolute Gasteiger partial charge is 0.445 e. The van der Waals surface area contributed by atoms with Gasteiger partial charge in [0.25, 0.3) is 5.91 Å². The van der Waals surface area contributed by atoms with Crippen LogP contribution in [-0.4, -0.2) is 77.8 Å². The summed E-state index contributed by atoms with van der Waals surface area (Å²) in [7, 11) is 1.75. The van der Waals surface area contributed by atoms with Crippen molar-refractivity contribution in [3.63, 3.8) is 0 Å². The summed E-state index contributed by atoms with van der Waals surface area (Å²) in [5, 5.41) is 12.2. The predicted molar refractivity (Wildman–Crippen MR) is 205 cm³/mol. The molecule has 11 nitrogen and oxygen atoms in total. The molecule has 0 spiro atoms. The van der Waals surface area contributed by atoms with Crippen molar-refractivity contribution < 1.29 is 38.4 Å². The van der Waals surface area contributed by atoms with E-state index >= 15 is 0 Å². The summed E-state index contributed by atoms with van der Waals surface area (Å²) in [4.78, 5) is 42.2. The Labute approximate surface area is 322 Å². The highest BCUT2D eigenvalue weighted by atomic mass is 16.7. The lowest BCUT2D eigenvalue weighted by atomic mass is 9.89. The van der Waals surface area contributed by atoms with E-state index in [2.05, 4.69) is 17.1 Å². The monoisotopic (exact) mass is 747 g/mol. The Morgan fingerprint density at radius 1 is 0.873 bits per heavy atom. The van der Waals surface area contributed by atoms with Gasteiger partial charge in [0.2, 0.25) is 5.91 Å². The van der Waals surface area contributed by atoms with Gasteiger partial charge in [-0.25, -0.2) is 4.79 Å². The maximum absolute atomic E-state index is 13.2. The first-order chi connectivity index (χ1) is 26.8. The molecule has 3 aliphatic rings. The number of likely N-dealkylation sites (tertiary alicyclic amines) is 2. The number of amides is 3. The fourth-order valence-electron chi connectivity index (χ4n) is 7.81. The van der Waals surface area contributed by atoms with Crippen LogP contribution in [0.4, 0.5) is 4.79 Å². The third-order valence-electron chi connectivity index (χ3n) is 10.9. The number of nitrogens with one attached hydrogen (secondary N) is 1. The molecule has 55 heavy (non-hydrogen) atoms. The Bertz CT molecular complexity index is 1920. The smallest absolute Gasteiger partial charge is 0.408 e. The second-order valence-corrected chi connectivity index (χ2v) is 14.7. The molecule has 2 N–H and O–H groups in total. The number of ether oxygens (including phenoxy) is 4. The highest BCUT2D eigenvalue weighted by Gasteiger charge is 2.41. The number of carbonyl (C=O) groups excluding carboxylic acids is 3. The Morgan fingerprint density at radius 2 is 1.62 bits per heavy atom. The van der Waals surface area contributed by atoms with E-state index in [1.54, 1.807) is 7.11 Å². The summed E-state index contributed by atoms with van der Waals surface area (Å²) >= 11 is 0. The van der Waals surface area contributed by atoms with Crippen LogP contribution in [0.3, 0.4) is 0 Å². The number of aliphatic hydroxyl groups is 1. The molecule has 11 heteroatoms. The molecule has 3 amide bonds. The Morgan fingerprint density at radius 3 is 2.36 bits per heavy atom. The molecule has 3 saturated heterocycles. The molecule has 288 valence electrons. The molecule has 0 aromatic heterocycles. The number of aliphatic hydroxyl groups excluding tert-OH is 1. The van der Waals surface area contributed by atoms with E-state index in [-0.39, 0.29) is 50.2 Å². The second-order valence-electron chi connectivity index (χ2n) is 14.7. The zero-order valence-corrected chi connectivity index (χ0v) is 31.3. The number of nitrogens with zero attached hydrogens (tertiary/aromatic N) is 2.